The molecule has 3 aliphatic heterocycles. The number of ether oxygens (including phenoxy) is 7. The Balaban J connectivity index is 0.650. The van der Waals surface area contributed by atoms with Gasteiger partial charge in [0.05, 0.1) is 88.4 Å². The number of alkyl halides is 1. The molecule has 3 aromatic carbocycles. The van der Waals surface area contributed by atoms with E-state index in [4.69, 9.17) is 33.2 Å². The molecule has 2 unspecified atom stereocenters. The summed E-state index contributed by atoms with van der Waals surface area (Å²) in [6, 6.07) is 14.2. The summed E-state index contributed by atoms with van der Waals surface area (Å²) in [4.78, 5) is 60.4. The van der Waals surface area contributed by atoms with E-state index in [1.54, 1.807) is 48.7 Å². The third kappa shape index (κ3) is 13.0. The topological polar surface area (TPSA) is 226 Å². The Labute approximate surface area is 418 Å². The first kappa shape index (κ1) is 52.8. The maximum absolute atomic E-state index is 15.7. The number of nitrogens with zero attached hydrogens (tertiary/aromatic N) is 3. The van der Waals surface area contributed by atoms with Gasteiger partial charge in [-0.1, -0.05) is 12.1 Å². The highest BCUT2D eigenvalue weighted by atomic mass is 32.2. The third-order valence-electron chi connectivity index (χ3n) is 12.2. The number of rotatable bonds is 27. The SMILES string of the molecule is CC1CCC(N2C(=O)c3ccc(OCCOCCOCCOCCOCCOCCOc4ccc(-c5cnc6[nH]cc(C(=O)c7c(F)ccc(NS(=O)(=O)N8CC[C@@H](F)C8)c7F)c6c5)cc4)cc3C2=O)C(=O)N1. The Bertz CT molecular complexity index is 2890. The second kappa shape index (κ2) is 24.5. The van der Waals surface area contributed by atoms with Gasteiger partial charge in [-0.2, -0.15) is 12.7 Å². The number of hydrogen-bond acceptors (Lipinski definition) is 14. The number of H-pyrrole nitrogens is 1. The van der Waals surface area contributed by atoms with E-state index < -0.39 is 69.5 Å². The second-order valence-corrected chi connectivity index (χ2v) is 18.9. The molecule has 5 heterocycles. The van der Waals surface area contributed by atoms with E-state index in [2.05, 4.69) is 15.3 Å². The van der Waals surface area contributed by atoms with E-state index in [1.807, 2.05) is 11.6 Å². The second-order valence-electron chi connectivity index (χ2n) is 17.3. The number of anilines is 1. The number of carbonyl (C=O) groups excluding carboxylic acids is 4. The standard InChI is InChI=1S/C50H55F3N6O13S/c1-31-2-11-43(48(61)56-31)59-49(62)37-8-7-36(27-39(37)50(59)63)72-25-23-70-21-19-68-17-15-66-14-16-67-18-20-69-22-24-71-35-5-3-32(4-6-35)33-26-38-40(29-55-47(38)54-28-33)46(60)44-41(52)9-10-42(45(44)53)57-73(64,65)58-13-12-34(51)30-58/h3-10,26-29,31,34,43,57H,2,11-25,30H2,1H3,(H,54,55)(H,56,61)/t31?,34-,43?/m1/s1. The molecular weight excluding hydrogens is 982 g/mol. The van der Waals surface area contributed by atoms with Crippen molar-refractivity contribution >= 4 is 50.4 Å². The van der Waals surface area contributed by atoms with Gasteiger partial charge in [-0.15, -0.1) is 0 Å². The number of fused-ring (bicyclic) bond motifs is 2. The summed E-state index contributed by atoms with van der Waals surface area (Å²) in [5.74, 6) is -3.94. The lowest BCUT2D eigenvalue weighted by molar-refractivity contribution is -0.127. The van der Waals surface area contributed by atoms with Crippen LogP contribution in [-0.2, 0) is 38.7 Å². The van der Waals surface area contributed by atoms with Crippen LogP contribution in [0.4, 0.5) is 18.9 Å². The number of aromatic nitrogens is 2. The lowest BCUT2D eigenvalue weighted by atomic mass is 10.00. The molecule has 2 saturated heterocycles. The minimum absolute atomic E-state index is 0.000517. The summed E-state index contributed by atoms with van der Waals surface area (Å²) < 4.78 is 112. The fraction of sp³-hybridized carbons (Fsp3) is 0.420. The zero-order chi connectivity index (χ0) is 51.5. The van der Waals surface area contributed by atoms with Crippen LogP contribution in [-0.4, -0.2) is 162 Å². The molecule has 0 saturated carbocycles. The molecule has 3 amide bonds. The summed E-state index contributed by atoms with van der Waals surface area (Å²) in [6.45, 7) is 5.42. The van der Waals surface area contributed by atoms with Crippen LogP contribution < -0.4 is 19.5 Å². The molecular formula is C50H55F3N6O13S. The molecule has 2 aromatic heterocycles. The van der Waals surface area contributed by atoms with Crippen molar-refractivity contribution in [1.29, 1.82) is 0 Å². The van der Waals surface area contributed by atoms with Gasteiger partial charge in [0.1, 0.15) is 48.4 Å². The van der Waals surface area contributed by atoms with Gasteiger partial charge < -0.3 is 43.5 Å². The normalized spacial score (nSPS) is 18.1. The van der Waals surface area contributed by atoms with Crippen molar-refractivity contribution in [3.8, 4) is 22.6 Å². The Kier molecular flexibility index (Phi) is 17.7. The van der Waals surface area contributed by atoms with E-state index in [-0.39, 0.29) is 72.5 Å². The minimum atomic E-state index is -4.37. The number of imide groups is 1. The quantitative estimate of drug-likeness (QED) is 0.0348. The number of ketones is 1. The van der Waals surface area contributed by atoms with Crippen LogP contribution in [0.5, 0.6) is 11.5 Å². The maximum atomic E-state index is 15.7. The summed E-state index contributed by atoms with van der Waals surface area (Å²) in [6.07, 6.45) is 2.58. The number of pyridine rings is 1. The smallest absolute Gasteiger partial charge is 0.301 e. The highest BCUT2D eigenvalue weighted by Gasteiger charge is 2.44. The summed E-state index contributed by atoms with van der Waals surface area (Å²) in [7, 11) is -4.37. The molecule has 19 nitrogen and oxygen atoms in total. The molecule has 0 aliphatic carbocycles. The van der Waals surface area contributed by atoms with Gasteiger partial charge in [-0.3, -0.25) is 28.8 Å². The predicted molar refractivity (Wildman–Crippen MR) is 258 cm³/mol. The molecule has 23 heteroatoms. The van der Waals surface area contributed by atoms with Crippen molar-refractivity contribution in [2.24, 2.45) is 0 Å². The number of hydrogen-bond donors (Lipinski definition) is 3. The van der Waals surface area contributed by atoms with Crippen LogP contribution in [0.2, 0.25) is 0 Å². The number of aromatic amines is 1. The summed E-state index contributed by atoms with van der Waals surface area (Å²) in [5, 5.41) is 3.09. The Morgan fingerprint density at radius 3 is 1.96 bits per heavy atom. The number of nitrogens with one attached hydrogen (secondary N) is 3. The Morgan fingerprint density at radius 1 is 0.740 bits per heavy atom. The van der Waals surface area contributed by atoms with Crippen LogP contribution in [0.3, 0.4) is 0 Å². The van der Waals surface area contributed by atoms with Crippen molar-refractivity contribution in [3.63, 3.8) is 0 Å². The molecule has 73 heavy (non-hydrogen) atoms. The van der Waals surface area contributed by atoms with Gasteiger partial charge >= 0.3 is 10.2 Å². The van der Waals surface area contributed by atoms with Gasteiger partial charge in [0, 0.05) is 48.0 Å². The average Bonchev–Trinajstić information content (AvgIpc) is 4.08. The lowest BCUT2D eigenvalue weighted by Gasteiger charge is -2.31. The van der Waals surface area contributed by atoms with Gasteiger partial charge in [-0.25, -0.2) is 18.2 Å². The van der Waals surface area contributed by atoms with Gasteiger partial charge in [0.15, 0.2) is 5.82 Å². The molecule has 2 fully saturated rings. The van der Waals surface area contributed by atoms with Crippen LogP contribution in [0.1, 0.15) is 62.8 Å². The molecule has 5 aromatic rings. The minimum Gasteiger partial charge on any atom is -0.491 e. The molecule has 0 bridgehead atoms. The zero-order valence-electron chi connectivity index (χ0n) is 39.9. The average molecular weight is 1040 g/mol. The fourth-order valence-electron chi connectivity index (χ4n) is 8.40. The van der Waals surface area contributed by atoms with E-state index >= 15 is 8.78 Å². The number of amides is 3. The lowest BCUT2D eigenvalue weighted by Crippen LogP contribution is -2.54. The number of halogens is 3. The third-order valence-corrected chi connectivity index (χ3v) is 13.7. The van der Waals surface area contributed by atoms with Crippen molar-refractivity contribution in [1.82, 2.24) is 24.5 Å². The van der Waals surface area contributed by atoms with Crippen molar-refractivity contribution in [2.45, 2.75) is 44.4 Å². The predicted octanol–water partition coefficient (Wildman–Crippen LogP) is 5.24. The molecule has 3 atom stereocenters. The molecule has 8 rings (SSSR count). The van der Waals surface area contributed by atoms with Crippen molar-refractivity contribution in [3.05, 3.63) is 107 Å². The molecule has 390 valence electrons. The first-order chi connectivity index (χ1) is 35.3. The number of benzene rings is 3. The fourth-order valence-corrected chi connectivity index (χ4v) is 9.67. The van der Waals surface area contributed by atoms with Crippen LogP contribution in [0.25, 0.3) is 22.2 Å². The van der Waals surface area contributed by atoms with E-state index in [0.717, 1.165) is 21.3 Å². The zero-order valence-corrected chi connectivity index (χ0v) is 40.7. The molecule has 3 N–H and O–H groups in total. The van der Waals surface area contributed by atoms with E-state index in [9.17, 15) is 32.0 Å². The van der Waals surface area contributed by atoms with Crippen LogP contribution >= 0.6 is 0 Å². The molecule has 0 spiro atoms. The number of carbonyl (C=O) groups is 4. The Morgan fingerprint density at radius 2 is 1.34 bits per heavy atom. The van der Waals surface area contributed by atoms with Gasteiger partial charge in [0.25, 0.3) is 11.8 Å². The van der Waals surface area contributed by atoms with Crippen molar-refractivity contribution < 1.29 is 73.9 Å². The number of piperidine rings is 1. The van der Waals surface area contributed by atoms with Crippen LogP contribution in [0.15, 0.2) is 73.1 Å². The first-order valence-electron chi connectivity index (χ1n) is 23.8. The highest BCUT2D eigenvalue weighted by Crippen LogP contribution is 2.33. The summed E-state index contributed by atoms with van der Waals surface area (Å²) >= 11 is 0. The van der Waals surface area contributed by atoms with E-state index in [1.165, 1.54) is 12.3 Å². The monoisotopic (exact) mass is 1040 g/mol. The van der Waals surface area contributed by atoms with Crippen LogP contribution in [0, 0.1) is 11.6 Å². The molecule has 3 aliphatic rings. The van der Waals surface area contributed by atoms with Gasteiger partial charge in [0.2, 0.25) is 11.7 Å². The highest BCUT2D eigenvalue weighted by molar-refractivity contribution is 7.90. The largest absolute Gasteiger partial charge is 0.491 e. The summed E-state index contributed by atoms with van der Waals surface area (Å²) in [5.41, 5.74) is 0.369. The van der Waals surface area contributed by atoms with Crippen molar-refractivity contribution in [2.75, 3.05) is 97.1 Å². The Hall–Kier alpha value is -6.47. The van der Waals surface area contributed by atoms with E-state index in [0.29, 0.717) is 94.9 Å². The maximum Gasteiger partial charge on any atom is 0.301 e. The van der Waals surface area contributed by atoms with Gasteiger partial charge in [-0.05, 0) is 80.3 Å². The molecule has 0 radical (unpaired) electrons. The first-order valence-corrected chi connectivity index (χ1v) is 25.2.